The number of benzene rings is 2. The maximum Gasteiger partial charge on any atom is 0.416 e. The van der Waals surface area contributed by atoms with Gasteiger partial charge in [-0.15, -0.1) is 5.10 Å². The van der Waals surface area contributed by atoms with E-state index in [1.165, 1.54) is 10.9 Å². The number of hydrogen-bond donors (Lipinski definition) is 0. The van der Waals surface area contributed by atoms with Gasteiger partial charge in [0.15, 0.2) is 5.82 Å². The molecule has 148 valence electrons. The molecule has 10 heteroatoms. The first-order valence-corrected chi connectivity index (χ1v) is 8.20. The zero-order valence-electron chi connectivity index (χ0n) is 14.3. The first kappa shape index (κ1) is 18.9. The van der Waals surface area contributed by atoms with Gasteiger partial charge in [-0.2, -0.15) is 26.3 Å². The molecule has 0 aliphatic heterocycles. The lowest BCUT2D eigenvalue weighted by atomic mass is 10.0. The molecule has 4 aromatic rings. The number of alkyl halides is 6. The summed E-state index contributed by atoms with van der Waals surface area (Å²) in [6, 6.07) is 11.9. The number of aromatic nitrogens is 4. The standard InChI is InChI=1S/C19H10F6N4/c20-18(21,22)13-7-12(8-14(9-13)19(23,24)25)16-10-29(28-27-16)17-6-5-11-3-1-2-4-15(11)26-17/h1-10H. The molecule has 0 saturated heterocycles. The van der Waals surface area contributed by atoms with Gasteiger partial charge >= 0.3 is 12.4 Å². The minimum Gasteiger partial charge on any atom is -0.229 e. The van der Waals surface area contributed by atoms with E-state index in [0.29, 0.717) is 23.5 Å². The summed E-state index contributed by atoms with van der Waals surface area (Å²) in [6.45, 7) is 0. The molecule has 4 nitrogen and oxygen atoms in total. The molecule has 2 aromatic heterocycles. The summed E-state index contributed by atoms with van der Waals surface area (Å²) < 4.78 is 79.5. The molecular weight excluding hydrogens is 398 g/mol. The molecule has 0 spiro atoms. The summed E-state index contributed by atoms with van der Waals surface area (Å²) in [5.41, 5.74) is -2.67. The fraction of sp³-hybridized carbons (Fsp3) is 0.105. The van der Waals surface area contributed by atoms with Crippen LogP contribution in [0.15, 0.2) is 60.8 Å². The average Bonchev–Trinajstić information content (AvgIpc) is 3.16. The van der Waals surface area contributed by atoms with Gasteiger partial charge in [-0.3, -0.25) is 0 Å². The molecule has 0 radical (unpaired) electrons. The van der Waals surface area contributed by atoms with E-state index < -0.39 is 23.5 Å². The monoisotopic (exact) mass is 408 g/mol. The van der Waals surface area contributed by atoms with Crippen molar-refractivity contribution in [2.45, 2.75) is 12.4 Å². The van der Waals surface area contributed by atoms with Crippen molar-refractivity contribution < 1.29 is 26.3 Å². The van der Waals surface area contributed by atoms with E-state index in [2.05, 4.69) is 15.3 Å². The van der Waals surface area contributed by atoms with Crippen LogP contribution >= 0.6 is 0 Å². The number of hydrogen-bond acceptors (Lipinski definition) is 3. The second-order valence-corrected chi connectivity index (χ2v) is 6.21. The number of halogens is 6. The lowest BCUT2D eigenvalue weighted by Gasteiger charge is -2.13. The van der Waals surface area contributed by atoms with Crippen molar-refractivity contribution in [3.63, 3.8) is 0 Å². The molecule has 29 heavy (non-hydrogen) atoms. The highest BCUT2D eigenvalue weighted by molar-refractivity contribution is 5.79. The zero-order chi connectivity index (χ0) is 20.8. The Morgan fingerprint density at radius 2 is 1.41 bits per heavy atom. The third-order valence-corrected chi connectivity index (χ3v) is 4.20. The maximum atomic E-state index is 13.1. The summed E-state index contributed by atoms with van der Waals surface area (Å²) in [5, 5.41) is 8.39. The minimum absolute atomic E-state index is 0.0683. The third kappa shape index (κ3) is 3.78. The Morgan fingerprint density at radius 3 is 2.07 bits per heavy atom. The second kappa shape index (κ2) is 6.57. The fourth-order valence-electron chi connectivity index (χ4n) is 2.79. The van der Waals surface area contributed by atoms with Gasteiger partial charge in [-0.1, -0.05) is 23.4 Å². The lowest BCUT2D eigenvalue weighted by Crippen LogP contribution is -2.11. The van der Waals surface area contributed by atoms with Crippen molar-refractivity contribution in [1.82, 2.24) is 20.0 Å². The van der Waals surface area contributed by atoms with Crippen LogP contribution in [0.5, 0.6) is 0 Å². The summed E-state index contributed by atoms with van der Waals surface area (Å²) in [7, 11) is 0. The molecule has 0 fully saturated rings. The predicted molar refractivity (Wildman–Crippen MR) is 92.1 cm³/mol. The van der Waals surface area contributed by atoms with Crippen molar-refractivity contribution in [3.8, 4) is 17.1 Å². The SMILES string of the molecule is FC(F)(F)c1cc(-c2cn(-c3ccc4ccccc4n3)nn2)cc(C(F)(F)F)c1. The topological polar surface area (TPSA) is 43.6 Å². The van der Waals surface area contributed by atoms with Crippen LogP contribution in [0.4, 0.5) is 26.3 Å². The Kier molecular flexibility index (Phi) is 4.29. The second-order valence-electron chi connectivity index (χ2n) is 6.21. The molecular formula is C19H10F6N4. The molecule has 0 N–H and O–H groups in total. The van der Waals surface area contributed by atoms with Crippen LogP contribution in [0.25, 0.3) is 28.0 Å². The van der Waals surface area contributed by atoms with Gasteiger partial charge in [0.1, 0.15) is 5.69 Å². The van der Waals surface area contributed by atoms with E-state index in [4.69, 9.17) is 0 Å². The van der Waals surface area contributed by atoms with Gasteiger partial charge in [0.25, 0.3) is 0 Å². The smallest absolute Gasteiger partial charge is 0.229 e. The molecule has 0 aliphatic carbocycles. The van der Waals surface area contributed by atoms with E-state index in [1.807, 2.05) is 12.1 Å². The van der Waals surface area contributed by atoms with Crippen molar-refractivity contribution >= 4 is 10.9 Å². The van der Waals surface area contributed by atoms with E-state index in [0.717, 1.165) is 5.39 Å². The van der Waals surface area contributed by atoms with Crippen molar-refractivity contribution in [2.24, 2.45) is 0 Å². The molecule has 4 rings (SSSR count). The van der Waals surface area contributed by atoms with Crippen molar-refractivity contribution in [2.75, 3.05) is 0 Å². The summed E-state index contributed by atoms with van der Waals surface area (Å²) in [5.74, 6) is 0.325. The van der Waals surface area contributed by atoms with Crippen LogP contribution in [0.2, 0.25) is 0 Å². The minimum atomic E-state index is -4.94. The fourth-order valence-corrected chi connectivity index (χ4v) is 2.79. The maximum absolute atomic E-state index is 13.1. The Hall–Kier alpha value is -3.43. The quantitative estimate of drug-likeness (QED) is 0.410. The van der Waals surface area contributed by atoms with Gasteiger partial charge in [0.2, 0.25) is 0 Å². The number of rotatable bonds is 2. The third-order valence-electron chi connectivity index (χ3n) is 4.20. The van der Waals surface area contributed by atoms with Gasteiger partial charge in [-0.05, 0) is 36.4 Å². The van der Waals surface area contributed by atoms with Crippen LogP contribution in [-0.4, -0.2) is 20.0 Å². The van der Waals surface area contributed by atoms with Gasteiger partial charge in [0.05, 0.1) is 22.8 Å². The molecule has 0 unspecified atom stereocenters. The predicted octanol–water partition coefficient (Wildman–Crippen LogP) is 5.52. The van der Waals surface area contributed by atoms with E-state index in [9.17, 15) is 26.3 Å². The molecule has 2 aromatic carbocycles. The summed E-state index contributed by atoms with van der Waals surface area (Å²) in [4.78, 5) is 4.37. The average molecular weight is 408 g/mol. The number of fused-ring (bicyclic) bond motifs is 1. The Balaban J connectivity index is 1.79. The largest absolute Gasteiger partial charge is 0.416 e. The van der Waals surface area contributed by atoms with Crippen LogP contribution in [0.3, 0.4) is 0 Å². The molecule has 2 heterocycles. The number of nitrogens with zero attached hydrogens (tertiary/aromatic N) is 4. The van der Waals surface area contributed by atoms with Gasteiger partial charge < -0.3 is 0 Å². The first-order valence-electron chi connectivity index (χ1n) is 8.20. The Labute approximate surface area is 159 Å². The first-order chi connectivity index (χ1) is 13.6. The van der Waals surface area contributed by atoms with E-state index >= 15 is 0 Å². The molecule has 0 aliphatic rings. The highest BCUT2D eigenvalue weighted by Crippen LogP contribution is 2.38. The van der Waals surface area contributed by atoms with Crippen molar-refractivity contribution in [1.29, 1.82) is 0 Å². The summed E-state index contributed by atoms with van der Waals surface area (Å²) in [6.07, 6.45) is -8.65. The zero-order valence-corrected chi connectivity index (χ0v) is 14.3. The normalized spacial score (nSPS) is 12.5. The van der Waals surface area contributed by atoms with Crippen LogP contribution in [0.1, 0.15) is 11.1 Å². The molecule has 0 saturated carbocycles. The summed E-state index contributed by atoms with van der Waals surface area (Å²) >= 11 is 0. The van der Waals surface area contributed by atoms with Gasteiger partial charge in [-0.25, -0.2) is 9.67 Å². The van der Waals surface area contributed by atoms with Crippen molar-refractivity contribution in [3.05, 3.63) is 71.9 Å². The molecule has 0 amide bonds. The highest BCUT2D eigenvalue weighted by atomic mass is 19.4. The highest BCUT2D eigenvalue weighted by Gasteiger charge is 2.37. The lowest BCUT2D eigenvalue weighted by molar-refractivity contribution is -0.143. The number of para-hydroxylation sites is 1. The van der Waals surface area contributed by atoms with Gasteiger partial charge in [0, 0.05) is 10.9 Å². The Bertz CT molecular complexity index is 1160. The van der Waals surface area contributed by atoms with E-state index in [1.54, 1.807) is 24.3 Å². The molecule has 0 atom stereocenters. The van der Waals surface area contributed by atoms with Crippen LogP contribution in [0, 0.1) is 0 Å². The van der Waals surface area contributed by atoms with E-state index in [-0.39, 0.29) is 17.3 Å². The molecule has 0 bridgehead atoms. The van der Waals surface area contributed by atoms with Crippen LogP contribution in [-0.2, 0) is 12.4 Å². The number of pyridine rings is 1. The Morgan fingerprint density at radius 1 is 0.759 bits per heavy atom. The van der Waals surface area contributed by atoms with Crippen LogP contribution < -0.4 is 0 Å².